The van der Waals surface area contributed by atoms with Crippen LogP contribution in [0.3, 0.4) is 0 Å². The van der Waals surface area contributed by atoms with E-state index in [9.17, 15) is 0 Å². The molecule has 10 aromatic carbocycles. The molecule has 5 aromatic heterocycles. The molecule has 0 saturated heterocycles. The van der Waals surface area contributed by atoms with Gasteiger partial charge in [0.05, 0.1) is 11.0 Å². The average molecular weight is 913 g/mol. The first-order chi connectivity index (χ1) is 34.7. The number of furan rings is 2. The Morgan fingerprint density at radius 2 is 0.943 bits per heavy atom. The minimum atomic E-state index is 0.566. The maximum atomic E-state index is 6.67. The fourth-order valence-electron chi connectivity index (χ4n) is 10.6. The highest BCUT2D eigenvalue weighted by molar-refractivity contribution is 7.25. The molecule has 0 atom stereocenters. The summed E-state index contributed by atoms with van der Waals surface area (Å²) < 4.78 is 18.2. The monoisotopic (exact) mass is 912 g/mol. The molecule has 15 aromatic rings. The van der Waals surface area contributed by atoms with Gasteiger partial charge in [0.2, 0.25) is 0 Å². The summed E-state index contributed by atoms with van der Waals surface area (Å²) in [5.74, 6) is 1.75. The minimum Gasteiger partial charge on any atom is -0.456 e. The quantitative estimate of drug-likeness (QED) is 0.166. The molecular weight excluding hydrogens is 877 g/mol. The van der Waals surface area contributed by atoms with Gasteiger partial charge in [-0.05, 0) is 107 Å². The standard InChI is InChI=1S/C63H36N4O2S/c1-3-14-37(15-4-1)61-64-62(40-27-30-52-49(33-40)43-18-7-10-22-51(43)67(52)42-16-5-2-6-17-42)66-63(65-61)47-21-13-24-55-60(47)50-32-39(28-31-54(50)68-55)48-34-41(35-56-59(48)46-20-8-11-23-53(46)69-56)38-26-29-45-44-19-9-12-25-57(44)70-58(45)36-38/h1-36H. The fourth-order valence-corrected chi connectivity index (χ4v) is 11.8. The first-order valence-electron chi connectivity index (χ1n) is 23.4. The van der Waals surface area contributed by atoms with E-state index in [2.05, 4.69) is 187 Å². The molecule has 0 aliphatic carbocycles. The molecule has 0 aliphatic rings. The SMILES string of the molecule is c1ccc(-c2nc(-c3ccc4c(c3)c3ccccc3n4-c3ccccc3)nc(-c3cccc4oc5ccc(-c6cc(-c7ccc8c(c7)sc7ccccc78)cc7oc8ccccc8c67)cc5c34)n2)cc1. The number of benzene rings is 10. The molecule has 0 aliphatic heterocycles. The number of thiophene rings is 1. The van der Waals surface area contributed by atoms with Gasteiger partial charge in [0.25, 0.3) is 0 Å². The molecule has 15 rings (SSSR count). The van der Waals surface area contributed by atoms with E-state index in [1.54, 1.807) is 0 Å². The number of hydrogen-bond acceptors (Lipinski definition) is 6. The van der Waals surface area contributed by atoms with Crippen LogP contribution in [0.5, 0.6) is 0 Å². The molecule has 0 radical (unpaired) electrons. The van der Waals surface area contributed by atoms with E-state index >= 15 is 0 Å². The number of para-hydroxylation sites is 3. The van der Waals surface area contributed by atoms with Crippen LogP contribution in [0.4, 0.5) is 0 Å². The van der Waals surface area contributed by atoms with Crippen molar-refractivity contribution in [1.29, 1.82) is 0 Å². The Balaban J connectivity index is 0.924. The molecule has 6 nitrogen and oxygen atoms in total. The number of aromatic nitrogens is 4. The number of rotatable bonds is 6. The third kappa shape index (κ3) is 6.02. The van der Waals surface area contributed by atoms with E-state index < -0.39 is 0 Å². The highest BCUT2D eigenvalue weighted by atomic mass is 32.1. The van der Waals surface area contributed by atoms with Gasteiger partial charge in [-0.15, -0.1) is 11.3 Å². The van der Waals surface area contributed by atoms with E-state index in [0.717, 1.165) is 110 Å². The summed E-state index contributed by atoms with van der Waals surface area (Å²) in [7, 11) is 0. The molecule has 0 amide bonds. The molecule has 70 heavy (non-hydrogen) atoms. The molecular formula is C63H36N4O2S. The van der Waals surface area contributed by atoms with Gasteiger partial charge in [0, 0.05) is 74.9 Å². The van der Waals surface area contributed by atoms with Crippen LogP contribution in [-0.4, -0.2) is 19.5 Å². The van der Waals surface area contributed by atoms with Crippen LogP contribution < -0.4 is 0 Å². The van der Waals surface area contributed by atoms with Crippen LogP contribution in [0, 0.1) is 0 Å². The van der Waals surface area contributed by atoms with Crippen LogP contribution in [0.25, 0.3) is 148 Å². The molecule has 0 saturated carbocycles. The maximum Gasteiger partial charge on any atom is 0.164 e. The zero-order chi connectivity index (χ0) is 45.9. The Bertz CT molecular complexity index is 4600. The van der Waals surface area contributed by atoms with Crippen molar-refractivity contribution in [3.8, 4) is 62.1 Å². The zero-order valence-electron chi connectivity index (χ0n) is 37.3. The van der Waals surface area contributed by atoms with Gasteiger partial charge in [-0.2, -0.15) is 0 Å². The summed E-state index contributed by atoms with van der Waals surface area (Å²) in [5, 5.41) is 8.92. The minimum absolute atomic E-state index is 0.566. The Morgan fingerprint density at radius 1 is 0.314 bits per heavy atom. The molecule has 0 fully saturated rings. The molecule has 0 N–H and O–H groups in total. The Labute approximate surface area is 404 Å². The smallest absolute Gasteiger partial charge is 0.164 e. The summed E-state index contributed by atoms with van der Waals surface area (Å²) in [6.45, 7) is 0. The first kappa shape index (κ1) is 38.9. The van der Waals surface area contributed by atoms with Crippen molar-refractivity contribution in [2.24, 2.45) is 0 Å². The van der Waals surface area contributed by atoms with E-state index in [0.29, 0.717) is 17.5 Å². The summed E-state index contributed by atoms with van der Waals surface area (Å²) in [4.78, 5) is 15.8. The van der Waals surface area contributed by atoms with Crippen LogP contribution >= 0.6 is 11.3 Å². The van der Waals surface area contributed by atoms with Gasteiger partial charge < -0.3 is 13.4 Å². The Hall–Kier alpha value is -9.17. The maximum absolute atomic E-state index is 6.67. The van der Waals surface area contributed by atoms with Crippen molar-refractivity contribution < 1.29 is 8.83 Å². The van der Waals surface area contributed by atoms with E-state index in [-0.39, 0.29) is 0 Å². The lowest BCUT2D eigenvalue weighted by atomic mass is 9.93. The lowest BCUT2D eigenvalue weighted by Crippen LogP contribution is -2.00. The molecule has 326 valence electrons. The third-order valence-electron chi connectivity index (χ3n) is 13.9. The van der Waals surface area contributed by atoms with Crippen molar-refractivity contribution in [2.45, 2.75) is 0 Å². The number of fused-ring (bicyclic) bond motifs is 12. The van der Waals surface area contributed by atoms with Crippen molar-refractivity contribution in [3.05, 3.63) is 218 Å². The number of nitrogens with zero attached hydrogens (tertiary/aromatic N) is 4. The van der Waals surface area contributed by atoms with Gasteiger partial charge in [-0.25, -0.2) is 15.0 Å². The Morgan fingerprint density at radius 3 is 1.83 bits per heavy atom. The Kier molecular flexibility index (Phi) is 8.43. The van der Waals surface area contributed by atoms with Crippen LogP contribution in [0.1, 0.15) is 0 Å². The van der Waals surface area contributed by atoms with E-state index in [4.69, 9.17) is 23.8 Å². The highest BCUT2D eigenvalue weighted by Crippen LogP contribution is 2.45. The molecule has 0 unspecified atom stereocenters. The second kappa shape index (κ2) is 15.2. The van der Waals surface area contributed by atoms with Crippen molar-refractivity contribution in [2.75, 3.05) is 0 Å². The van der Waals surface area contributed by atoms with Crippen molar-refractivity contribution in [1.82, 2.24) is 19.5 Å². The van der Waals surface area contributed by atoms with E-state index in [1.807, 2.05) is 47.7 Å². The number of hydrogen-bond donors (Lipinski definition) is 0. The topological polar surface area (TPSA) is 69.9 Å². The predicted octanol–water partition coefficient (Wildman–Crippen LogP) is 17.5. The largest absolute Gasteiger partial charge is 0.456 e. The summed E-state index contributed by atoms with van der Waals surface area (Å²) in [6.07, 6.45) is 0. The molecule has 5 heterocycles. The normalized spacial score (nSPS) is 12.0. The highest BCUT2D eigenvalue weighted by Gasteiger charge is 2.22. The predicted molar refractivity (Wildman–Crippen MR) is 289 cm³/mol. The summed E-state index contributed by atoms with van der Waals surface area (Å²) in [5.41, 5.74) is 13.6. The lowest BCUT2D eigenvalue weighted by Gasteiger charge is -2.11. The summed E-state index contributed by atoms with van der Waals surface area (Å²) in [6, 6.07) is 76.7. The van der Waals surface area contributed by atoms with Gasteiger partial charge in [0.15, 0.2) is 17.5 Å². The third-order valence-corrected chi connectivity index (χ3v) is 15.0. The average Bonchev–Trinajstić information content (AvgIpc) is 4.19. The van der Waals surface area contributed by atoms with Gasteiger partial charge in [-0.1, -0.05) is 133 Å². The second-order valence-corrected chi connectivity index (χ2v) is 19.0. The molecule has 7 heteroatoms. The zero-order valence-corrected chi connectivity index (χ0v) is 38.1. The van der Waals surface area contributed by atoms with Crippen LogP contribution in [-0.2, 0) is 0 Å². The fraction of sp³-hybridized carbons (Fsp3) is 0. The van der Waals surface area contributed by atoms with Gasteiger partial charge in [-0.3, -0.25) is 0 Å². The van der Waals surface area contributed by atoms with Crippen LogP contribution in [0.2, 0.25) is 0 Å². The first-order valence-corrected chi connectivity index (χ1v) is 24.2. The van der Waals surface area contributed by atoms with E-state index in [1.165, 1.54) is 20.2 Å². The molecule has 0 bridgehead atoms. The van der Waals surface area contributed by atoms with Crippen molar-refractivity contribution >= 4 is 97.2 Å². The van der Waals surface area contributed by atoms with Crippen molar-refractivity contribution in [3.63, 3.8) is 0 Å². The van der Waals surface area contributed by atoms with Gasteiger partial charge >= 0.3 is 0 Å². The van der Waals surface area contributed by atoms with Gasteiger partial charge in [0.1, 0.15) is 22.3 Å². The molecule has 0 spiro atoms. The lowest BCUT2D eigenvalue weighted by molar-refractivity contribution is 0.669. The summed E-state index contributed by atoms with van der Waals surface area (Å²) >= 11 is 1.83. The van der Waals surface area contributed by atoms with Crippen LogP contribution in [0.15, 0.2) is 227 Å². The second-order valence-electron chi connectivity index (χ2n) is 17.9.